The van der Waals surface area contributed by atoms with Crippen LogP contribution in [-0.4, -0.2) is 31.8 Å². The van der Waals surface area contributed by atoms with Gasteiger partial charge in [0.05, 0.1) is 30.7 Å². The van der Waals surface area contributed by atoms with E-state index >= 15 is 0 Å². The molecule has 7 nitrogen and oxygen atoms in total. The maximum absolute atomic E-state index is 6.33. The second kappa shape index (κ2) is 7.01. The molecular formula is C19H23N5O2. The third-order valence-corrected chi connectivity index (χ3v) is 5.06. The molecule has 0 radical (unpaired) electrons. The van der Waals surface area contributed by atoms with Gasteiger partial charge in [0.1, 0.15) is 12.4 Å². The van der Waals surface area contributed by atoms with Gasteiger partial charge in [-0.15, -0.1) is 0 Å². The van der Waals surface area contributed by atoms with E-state index in [-0.39, 0.29) is 24.2 Å². The van der Waals surface area contributed by atoms with Crippen LogP contribution in [0.1, 0.15) is 37.6 Å². The number of fused-ring (bicyclic) bond motifs is 1. The number of anilines is 1. The fraction of sp³-hybridized carbons (Fsp3) is 0.421. The van der Waals surface area contributed by atoms with E-state index in [2.05, 4.69) is 41.0 Å². The zero-order valence-corrected chi connectivity index (χ0v) is 14.9. The molecule has 136 valence electrons. The maximum Gasteiger partial charge on any atom is 0.196 e. The van der Waals surface area contributed by atoms with Gasteiger partial charge in [-0.1, -0.05) is 44.2 Å². The van der Waals surface area contributed by atoms with Crippen LogP contribution in [0.5, 0.6) is 0 Å². The fourth-order valence-corrected chi connectivity index (χ4v) is 3.64. The van der Waals surface area contributed by atoms with E-state index in [1.165, 1.54) is 6.33 Å². The molecule has 0 spiro atoms. The Morgan fingerprint density at radius 2 is 2.04 bits per heavy atom. The number of rotatable bonds is 5. The van der Waals surface area contributed by atoms with E-state index in [1.807, 2.05) is 18.2 Å². The molecule has 1 unspecified atom stereocenters. The quantitative estimate of drug-likeness (QED) is 0.759. The second-order valence-electron chi connectivity index (χ2n) is 6.69. The molecule has 4 atom stereocenters. The topological polar surface area (TPSA) is 87.6 Å². The highest BCUT2D eigenvalue weighted by Gasteiger charge is 2.44. The van der Waals surface area contributed by atoms with Crippen LogP contribution in [0.4, 0.5) is 5.82 Å². The molecule has 0 aliphatic carbocycles. The van der Waals surface area contributed by atoms with Crippen LogP contribution < -0.4 is 5.73 Å². The minimum absolute atomic E-state index is 0.0868. The van der Waals surface area contributed by atoms with Crippen molar-refractivity contribution in [3.8, 4) is 0 Å². The third kappa shape index (κ3) is 2.93. The molecule has 0 amide bonds. The Labute approximate surface area is 152 Å². The third-order valence-electron chi connectivity index (χ3n) is 5.06. The first kappa shape index (κ1) is 16.9. The maximum atomic E-state index is 6.33. The predicted molar refractivity (Wildman–Crippen MR) is 97.3 cm³/mol. The molecule has 1 aromatic carbocycles. The molecule has 7 heteroatoms. The zero-order valence-electron chi connectivity index (χ0n) is 14.9. The van der Waals surface area contributed by atoms with Crippen molar-refractivity contribution in [3.63, 3.8) is 0 Å². The standard InChI is InChI=1S/C19H23N5O2/c1-3-15-12(2)16(25-10-13-7-5-4-6-8-13)17(26-15)14-9-21-19-18(20)22-11-23-24(14)19/h4-9,11-12,15-17H,3,10H2,1-2H3,(H2,20,22,23)/t12?,15-,16+,17+/m1/s1. The SMILES string of the molecule is CC[C@H]1O[C@@H](c2cnc3c(N)ncnn23)[C@@H](OCc2ccccc2)C1C. The molecule has 26 heavy (non-hydrogen) atoms. The van der Waals surface area contributed by atoms with Crippen molar-refractivity contribution in [2.75, 3.05) is 5.73 Å². The Hall–Kier alpha value is -2.51. The largest absolute Gasteiger partial charge is 0.381 e. The first-order chi connectivity index (χ1) is 12.7. The first-order valence-corrected chi connectivity index (χ1v) is 8.94. The highest BCUT2D eigenvalue weighted by molar-refractivity contribution is 5.58. The number of aromatic nitrogens is 4. The van der Waals surface area contributed by atoms with Crippen LogP contribution in [-0.2, 0) is 16.1 Å². The van der Waals surface area contributed by atoms with Crippen molar-refractivity contribution >= 4 is 11.5 Å². The molecule has 2 N–H and O–H groups in total. The number of nitrogens with zero attached hydrogens (tertiary/aromatic N) is 4. The number of hydrogen-bond acceptors (Lipinski definition) is 6. The van der Waals surface area contributed by atoms with Crippen molar-refractivity contribution in [1.29, 1.82) is 0 Å². The smallest absolute Gasteiger partial charge is 0.196 e. The van der Waals surface area contributed by atoms with Gasteiger partial charge >= 0.3 is 0 Å². The van der Waals surface area contributed by atoms with E-state index < -0.39 is 0 Å². The van der Waals surface area contributed by atoms with Gasteiger partial charge in [-0.2, -0.15) is 5.10 Å². The molecule has 0 saturated carbocycles. The van der Waals surface area contributed by atoms with E-state index in [0.29, 0.717) is 18.1 Å². The average molecular weight is 353 g/mol. The Balaban J connectivity index is 1.64. The Morgan fingerprint density at radius 3 is 2.81 bits per heavy atom. The number of benzene rings is 1. The van der Waals surface area contributed by atoms with E-state index in [1.54, 1.807) is 10.7 Å². The van der Waals surface area contributed by atoms with Gasteiger partial charge in [-0.05, 0) is 12.0 Å². The van der Waals surface area contributed by atoms with Crippen LogP contribution in [0.15, 0.2) is 42.9 Å². The van der Waals surface area contributed by atoms with Crippen molar-refractivity contribution in [3.05, 3.63) is 54.1 Å². The number of nitrogen functional groups attached to an aromatic ring is 1. The van der Waals surface area contributed by atoms with Crippen molar-refractivity contribution in [2.45, 2.75) is 45.2 Å². The highest BCUT2D eigenvalue weighted by Crippen LogP contribution is 2.40. The Bertz CT molecular complexity index is 882. The molecule has 3 heterocycles. The van der Waals surface area contributed by atoms with E-state index in [0.717, 1.165) is 17.7 Å². The van der Waals surface area contributed by atoms with Gasteiger partial charge in [-0.25, -0.2) is 14.5 Å². The normalized spacial score (nSPS) is 25.8. The van der Waals surface area contributed by atoms with Gasteiger partial charge in [0.25, 0.3) is 0 Å². The van der Waals surface area contributed by atoms with Crippen molar-refractivity contribution in [1.82, 2.24) is 19.6 Å². The zero-order chi connectivity index (χ0) is 18.1. The van der Waals surface area contributed by atoms with Crippen LogP contribution >= 0.6 is 0 Å². The molecule has 1 fully saturated rings. The Morgan fingerprint density at radius 1 is 1.23 bits per heavy atom. The van der Waals surface area contributed by atoms with Crippen molar-refractivity contribution in [2.24, 2.45) is 5.92 Å². The molecule has 3 aromatic rings. The van der Waals surface area contributed by atoms with Crippen LogP contribution in [0.3, 0.4) is 0 Å². The van der Waals surface area contributed by atoms with Crippen LogP contribution in [0.2, 0.25) is 0 Å². The molecule has 1 aliphatic rings. The van der Waals surface area contributed by atoms with Gasteiger partial charge in [0.15, 0.2) is 11.5 Å². The number of imidazole rings is 1. The number of nitrogens with two attached hydrogens (primary N) is 1. The highest BCUT2D eigenvalue weighted by atomic mass is 16.6. The first-order valence-electron chi connectivity index (χ1n) is 8.94. The minimum Gasteiger partial charge on any atom is -0.381 e. The Kier molecular flexibility index (Phi) is 4.57. The van der Waals surface area contributed by atoms with Gasteiger partial charge in [-0.3, -0.25) is 0 Å². The molecule has 2 aromatic heterocycles. The lowest BCUT2D eigenvalue weighted by Gasteiger charge is -2.21. The lowest BCUT2D eigenvalue weighted by Crippen LogP contribution is -2.26. The number of ether oxygens (including phenoxy) is 2. The fourth-order valence-electron chi connectivity index (χ4n) is 3.64. The summed E-state index contributed by atoms with van der Waals surface area (Å²) < 4.78 is 14.3. The van der Waals surface area contributed by atoms with Crippen molar-refractivity contribution < 1.29 is 9.47 Å². The molecule has 0 bridgehead atoms. The van der Waals surface area contributed by atoms with E-state index in [4.69, 9.17) is 15.2 Å². The minimum atomic E-state index is -0.247. The summed E-state index contributed by atoms with van der Waals surface area (Å²) in [4.78, 5) is 8.37. The number of hydrogen-bond donors (Lipinski definition) is 1. The molecule has 4 rings (SSSR count). The van der Waals surface area contributed by atoms with Gasteiger partial charge in [0, 0.05) is 5.92 Å². The summed E-state index contributed by atoms with van der Waals surface area (Å²) in [5.41, 5.74) is 8.44. The summed E-state index contributed by atoms with van der Waals surface area (Å²) >= 11 is 0. The van der Waals surface area contributed by atoms with Gasteiger partial charge < -0.3 is 15.2 Å². The monoisotopic (exact) mass is 353 g/mol. The predicted octanol–water partition coefficient (Wildman–Crippen LogP) is 2.78. The van der Waals surface area contributed by atoms with Crippen LogP contribution in [0.25, 0.3) is 5.65 Å². The lowest BCUT2D eigenvalue weighted by atomic mass is 9.95. The molecular weight excluding hydrogens is 330 g/mol. The summed E-state index contributed by atoms with van der Waals surface area (Å²) in [5, 5.41) is 4.30. The summed E-state index contributed by atoms with van der Waals surface area (Å²) in [5.74, 6) is 0.615. The van der Waals surface area contributed by atoms with Crippen LogP contribution in [0, 0.1) is 5.92 Å². The lowest BCUT2D eigenvalue weighted by molar-refractivity contribution is -0.0362. The summed E-state index contributed by atoms with van der Waals surface area (Å²) in [7, 11) is 0. The summed E-state index contributed by atoms with van der Waals surface area (Å²) in [6.07, 6.45) is 3.92. The average Bonchev–Trinajstić information content (AvgIpc) is 3.23. The molecule has 1 saturated heterocycles. The summed E-state index contributed by atoms with van der Waals surface area (Å²) in [6, 6.07) is 10.2. The van der Waals surface area contributed by atoms with E-state index in [9.17, 15) is 0 Å². The second-order valence-corrected chi connectivity index (χ2v) is 6.69. The van der Waals surface area contributed by atoms with Gasteiger partial charge in [0.2, 0.25) is 0 Å². The summed E-state index contributed by atoms with van der Waals surface area (Å²) in [6.45, 7) is 4.85. The molecule has 1 aliphatic heterocycles.